The quantitative estimate of drug-likeness (QED) is 0.781. The molecule has 16 heavy (non-hydrogen) atoms. The molecule has 1 aromatic carbocycles. The van der Waals surface area contributed by atoms with Crippen molar-refractivity contribution in [1.82, 2.24) is 0 Å². The van der Waals surface area contributed by atoms with Crippen molar-refractivity contribution in [2.24, 2.45) is 5.73 Å². The molecular formula is C10H11F4NO. The lowest BCUT2D eigenvalue weighted by molar-refractivity contribution is -0.121. The molecule has 1 atom stereocenters. The third kappa shape index (κ3) is 1.90. The minimum Gasteiger partial charge on any atom is -0.390 e. The first-order chi connectivity index (χ1) is 7.39. The average molecular weight is 237 g/mol. The predicted octanol–water partition coefficient (Wildman–Crippen LogP) is 1.58. The third-order valence-electron chi connectivity index (χ3n) is 2.42. The Morgan fingerprint density at radius 1 is 1.25 bits per heavy atom. The van der Waals surface area contributed by atoms with Crippen LogP contribution in [0.3, 0.4) is 0 Å². The fourth-order valence-corrected chi connectivity index (χ4v) is 1.33. The van der Waals surface area contributed by atoms with Crippen LogP contribution >= 0.6 is 0 Å². The Morgan fingerprint density at radius 2 is 1.81 bits per heavy atom. The van der Waals surface area contributed by atoms with Crippen LogP contribution in [0.4, 0.5) is 17.6 Å². The van der Waals surface area contributed by atoms with Gasteiger partial charge in [0.05, 0.1) is 0 Å². The largest absolute Gasteiger partial charge is 0.390 e. The summed E-state index contributed by atoms with van der Waals surface area (Å²) in [5.74, 6) is -4.97. The van der Waals surface area contributed by atoms with E-state index in [0.717, 1.165) is 12.1 Å². The van der Waals surface area contributed by atoms with Gasteiger partial charge in [0, 0.05) is 5.56 Å². The van der Waals surface area contributed by atoms with Gasteiger partial charge in [-0.3, -0.25) is 0 Å². The van der Waals surface area contributed by atoms with Gasteiger partial charge in [-0.1, -0.05) is 18.2 Å². The molecule has 90 valence electrons. The van der Waals surface area contributed by atoms with Gasteiger partial charge in [-0.05, 0) is 6.07 Å². The molecule has 0 saturated carbocycles. The smallest absolute Gasteiger partial charge is 0.294 e. The number of aliphatic hydroxyl groups excluding tert-OH is 1. The molecule has 0 aromatic heterocycles. The molecule has 0 fully saturated rings. The van der Waals surface area contributed by atoms with Crippen molar-refractivity contribution >= 4 is 0 Å². The Balaban J connectivity index is 3.31. The Kier molecular flexibility index (Phi) is 3.54. The van der Waals surface area contributed by atoms with Crippen LogP contribution in [-0.4, -0.2) is 24.3 Å². The molecule has 0 amide bonds. The number of hydrogen-bond acceptors (Lipinski definition) is 2. The second-order valence-electron chi connectivity index (χ2n) is 3.45. The molecule has 6 heteroatoms. The highest BCUT2D eigenvalue weighted by atomic mass is 19.3. The highest BCUT2D eigenvalue weighted by Gasteiger charge is 2.53. The zero-order valence-electron chi connectivity index (χ0n) is 8.26. The van der Waals surface area contributed by atoms with Crippen molar-refractivity contribution in [2.45, 2.75) is 11.5 Å². The van der Waals surface area contributed by atoms with E-state index in [9.17, 15) is 17.6 Å². The second-order valence-corrected chi connectivity index (χ2v) is 3.45. The number of alkyl halides is 3. The summed E-state index contributed by atoms with van der Waals surface area (Å²) in [7, 11) is 0. The standard InChI is InChI=1S/C10H11F4NO/c11-5-9(15,10(13,14)6-16)7-3-1-2-4-8(7)12/h1-4,16H,5-6,15H2/t9-/m1/s1. The van der Waals surface area contributed by atoms with E-state index in [2.05, 4.69) is 0 Å². The monoisotopic (exact) mass is 237 g/mol. The van der Waals surface area contributed by atoms with E-state index in [1.54, 1.807) is 0 Å². The van der Waals surface area contributed by atoms with E-state index in [0.29, 0.717) is 0 Å². The lowest BCUT2D eigenvalue weighted by Crippen LogP contribution is -2.57. The lowest BCUT2D eigenvalue weighted by Gasteiger charge is -2.34. The molecule has 0 spiro atoms. The molecule has 1 aromatic rings. The van der Waals surface area contributed by atoms with Gasteiger partial charge in [0.2, 0.25) is 0 Å². The van der Waals surface area contributed by atoms with Crippen LogP contribution < -0.4 is 5.73 Å². The predicted molar refractivity (Wildman–Crippen MR) is 50.3 cm³/mol. The summed E-state index contributed by atoms with van der Waals surface area (Å²) in [6, 6.07) is 4.41. The summed E-state index contributed by atoms with van der Waals surface area (Å²) in [6.07, 6.45) is 0. The van der Waals surface area contributed by atoms with Gasteiger partial charge in [-0.25, -0.2) is 17.6 Å². The Hall–Kier alpha value is -1.14. The lowest BCUT2D eigenvalue weighted by atomic mass is 9.85. The average Bonchev–Trinajstić information content (AvgIpc) is 2.28. The van der Waals surface area contributed by atoms with Gasteiger partial charge in [0.25, 0.3) is 5.92 Å². The van der Waals surface area contributed by atoms with Crippen LogP contribution in [0.15, 0.2) is 24.3 Å². The molecule has 2 nitrogen and oxygen atoms in total. The normalized spacial score (nSPS) is 15.9. The topological polar surface area (TPSA) is 46.2 Å². The first kappa shape index (κ1) is 12.9. The number of hydrogen-bond donors (Lipinski definition) is 2. The van der Waals surface area contributed by atoms with Crippen molar-refractivity contribution in [1.29, 1.82) is 0 Å². The van der Waals surface area contributed by atoms with Gasteiger partial charge >= 0.3 is 0 Å². The van der Waals surface area contributed by atoms with E-state index in [-0.39, 0.29) is 0 Å². The van der Waals surface area contributed by atoms with Crippen molar-refractivity contribution in [3.8, 4) is 0 Å². The summed E-state index contributed by atoms with van der Waals surface area (Å²) in [5, 5.41) is 8.49. The fourth-order valence-electron chi connectivity index (χ4n) is 1.33. The highest BCUT2D eigenvalue weighted by molar-refractivity contribution is 5.29. The molecule has 0 aliphatic heterocycles. The van der Waals surface area contributed by atoms with Crippen LogP contribution in [0.5, 0.6) is 0 Å². The summed E-state index contributed by atoms with van der Waals surface area (Å²) in [6.45, 7) is -3.33. The number of halogens is 4. The van der Waals surface area contributed by atoms with Crippen LogP contribution in [0.2, 0.25) is 0 Å². The van der Waals surface area contributed by atoms with Crippen molar-refractivity contribution in [3.05, 3.63) is 35.6 Å². The van der Waals surface area contributed by atoms with Gasteiger partial charge in [0.1, 0.15) is 24.6 Å². The van der Waals surface area contributed by atoms with E-state index in [4.69, 9.17) is 10.8 Å². The maximum absolute atomic E-state index is 13.3. The van der Waals surface area contributed by atoms with Gasteiger partial charge in [-0.15, -0.1) is 0 Å². The molecule has 1 rings (SSSR count). The van der Waals surface area contributed by atoms with E-state index in [1.165, 1.54) is 12.1 Å². The molecule has 0 heterocycles. The molecule has 3 N–H and O–H groups in total. The number of benzene rings is 1. The molecule has 0 aliphatic carbocycles. The molecule has 0 radical (unpaired) electrons. The third-order valence-corrected chi connectivity index (χ3v) is 2.42. The van der Waals surface area contributed by atoms with Gasteiger partial charge in [-0.2, -0.15) is 0 Å². The van der Waals surface area contributed by atoms with Crippen LogP contribution in [0, 0.1) is 5.82 Å². The van der Waals surface area contributed by atoms with E-state index >= 15 is 0 Å². The highest BCUT2D eigenvalue weighted by Crippen LogP contribution is 2.36. The first-order valence-electron chi connectivity index (χ1n) is 4.47. The maximum Gasteiger partial charge on any atom is 0.294 e. The molecule has 0 saturated heterocycles. The van der Waals surface area contributed by atoms with Crippen molar-refractivity contribution < 1.29 is 22.7 Å². The number of aliphatic hydroxyl groups is 1. The summed E-state index contributed by atoms with van der Waals surface area (Å²) >= 11 is 0. The molecule has 0 bridgehead atoms. The van der Waals surface area contributed by atoms with Gasteiger partial charge < -0.3 is 10.8 Å². The Labute approximate surface area is 89.7 Å². The van der Waals surface area contributed by atoms with Crippen molar-refractivity contribution in [3.63, 3.8) is 0 Å². The number of nitrogens with two attached hydrogens (primary N) is 1. The van der Waals surface area contributed by atoms with Crippen LogP contribution in [0.1, 0.15) is 5.56 Å². The van der Waals surface area contributed by atoms with E-state index < -0.39 is 36.1 Å². The summed E-state index contributed by atoms with van der Waals surface area (Å²) in [5.41, 5.74) is 1.67. The zero-order valence-corrected chi connectivity index (χ0v) is 8.26. The minimum atomic E-state index is -3.94. The fraction of sp³-hybridized carbons (Fsp3) is 0.400. The maximum atomic E-state index is 13.3. The van der Waals surface area contributed by atoms with Gasteiger partial charge in [0.15, 0.2) is 0 Å². The summed E-state index contributed by atoms with van der Waals surface area (Å²) < 4.78 is 52.6. The van der Waals surface area contributed by atoms with E-state index in [1.807, 2.05) is 0 Å². The van der Waals surface area contributed by atoms with Crippen LogP contribution in [-0.2, 0) is 5.54 Å². The SMILES string of the molecule is N[C@](CF)(c1ccccc1F)C(F)(F)CO. The molecule has 0 unspecified atom stereocenters. The molecular weight excluding hydrogens is 226 g/mol. The first-order valence-corrected chi connectivity index (χ1v) is 4.47. The summed E-state index contributed by atoms with van der Waals surface area (Å²) in [4.78, 5) is 0. The van der Waals surface area contributed by atoms with Crippen molar-refractivity contribution in [2.75, 3.05) is 13.3 Å². The zero-order chi connectivity index (χ0) is 12.4. The second kappa shape index (κ2) is 4.39. The molecule has 0 aliphatic rings. The number of rotatable bonds is 4. The Bertz CT molecular complexity index is 372. The van der Waals surface area contributed by atoms with Crippen LogP contribution in [0.25, 0.3) is 0 Å². The minimum absolute atomic E-state index is 0.656. The Morgan fingerprint density at radius 3 is 2.25 bits per heavy atom.